The van der Waals surface area contributed by atoms with Gasteiger partial charge < -0.3 is 9.47 Å². The normalized spacial score (nSPS) is 21.3. The molecular weight excluding hydrogens is 340 g/mol. The van der Waals surface area contributed by atoms with E-state index in [4.69, 9.17) is 9.47 Å². The zero-order valence-corrected chi connectivity index (χ0v) is 14.4. The molecule has 2 aromatic rings. The predicted octanol–water partition coefficient (Wildman–Crippen LogP) is 2.21. The summed E-state index contributed by atoms with van der Waals surface area (Å²) in [6, 6.07) is 14.2. The second-order valence-electron chi connectivity index (χ2n) is 5.67. The van der Waals surface area contributed by atoms with Crippen LogP contribution in [0.4, 0.5) is 0 Å². The molecule has 0 unspecified atom stereocenters. The monoisotopic (exact) mass is 360 g/mol. The molecule has 2 atom stereocenters. The molecule has 6 nitrogen and oxygen atoms in total. The minimum atomic E-state index is -3.62. The quantitative estimate of drug-likeness (QED) is 0.855. The van der Waals surface area contributed by atoms with Crippen molar-refractivity contribution < 1.29 is 17.9 Å². The topological polar surface area (TPSA) is 77.5 Å². The first-order chi connectivity index (χ1) is 12.1. The van der Waals surface area contributed by atoms with Gasteiger partial charge in [-0.15, -0.1) is 0 Å². The number of nitrogens with zero attached hydrogens (tertiary/aromatic N) is 1. The summed E-state index contributed by atoms with van der Waals surface area (Å²) in [6.07, 6.45) is 3.45. The Hall–Kier alpha value is -2.22. The lowest BCUT2D eigenvalue weighted by atomic mass is 10.1. The number of rotatable bonds is 6. The molecule has 1 saturated heterocycles. The van der Waals surface area contributed by atoms with Crippen molar-refractivity contribution in [2.75, 3.05) is 13.2 Å². The first kappa shape index (κ1) is 17.6. The highest BCUT2D eigenvalue weighted by atomic mass is 32.2. The number of benzene rings is 1. The van der Waals surface area contributed by atoms with Gasteiger partial charge in [0.1, 0.15) is 6.10 Å². The Balaban J connectivity index is 1.67. The van der Waals surface area contributed by atoms with Crippen molar-refractivity contribution in [2.24, 2.45) is 0 Å². The van der Waals surface area contributed by atoms with Gasteiger partial charge in [0.05, 0.1) is 19.3 Å². The molecule has 0 saturated carbocycles. The van der Waals surface area contributed by atoms with Gasteiger partial charge >= 0.3 is 0 Å². The summed E-state index contributed by atoms with van der Waals surface area (Å²) in [5.41, 5.74) is 0.814. The number of nitrogens with one attached hydrogen (secondary N) is 1. The van der Waals surface area contributed by atoms with Gasteiger partial charge in [-0.1, -0.05) is 36.4 Å². The molecule has 0 amide bonds. The van der Waals surface area contributed by atoms with E-state index in [-0.39, 0.29) is 12.7 Å². The summed E-state index contributed by atoms with van der Waals surface area (Å²) >= 11 is 0. The van der Waals surface area contributed by atoms with Crippen LogP contribution in [0.2, 0.25) is 0 Å². The molecule has 0 aliphatic carbocycles. The molecular formula is C18H20N2O4S. The smallest absolute Gasteiger partial charge is 0.234 e. The van der Waals surface area contributed by atoms with Crippen molar-refractivity contribution in [1.29, 1.82) is 0 Å². The van der Waals surface area contributed by atoms with Gasteiger partial charge in [0.15, 0.2) is 0 Å². The Morgan fingerprint density at radius 2 is 1.96 bits per heavy atom. The number of sulfonamides is 1. The van der Waals surface area contributed by atoms with Crippen molar-refractivity contribution in [3.05, 3.63) is 65.7 Å². The molecule has 1 aromatic heterocycles. The Kier molecular flexibility index (Phi) is 5.80. The molecule has 25 heavy (non-hydrogen) atoms. The van der Waals surface area contributed by atoms with Gasteiger partial charge in [-0.2, -0.15) is 0 Å². The Morgan fingerprint density at radius 1 is 1.16 bits per heavy atom. The van der Waals surface area contributed by atoms with Gasteiger partial charge in [0.2, 0.25) is 15.9 Å². The molecule has 1 aromatic carbocycles. The fourth-order valence-electron chi connectivity index (χ4n) is 2.52. The minimum absolute atomic E-state index is 0.260. The standard InChI is InChI=1S/C18H20N2O4S/c21-25(22,13-10-15-6-2-1-3-7-15)20-16-14-23-12-9-17(16)24-18-8-4-5-11-19-18/h1-8,10-11,13,16-17,20H,9,12,14H2/t16-,17-/m1/s1. The largest absolute Gasteiger partial charge is 0.472 e. The molecule has 2 heterocycles. The predicted molar refractivity (Wildman–Crippen MR) is 95.4 cm³/mol. The molecule has 132 valence electrons. The van der Waals surface area contributed by atoms with Crippen LogP contribution in [0.15, 0.2) is 60.1 Å². The van der Waals surface area contributed by atoms with Crippen LogP contribution in [0.1, 0.15) is 12.0 Å². The summed E-state index contributed by atoms with van der Waals surface area (Å²) in [6.45, 7) is 0.783. The lowest BCUT2D eigenvalue weighted by Gasteiger charge is -2.31. The van der Waals surface area contributed by atoms with E-state index >= 15 is 0 Å². The third kappa shape index (κ3) is 5.38. The van der Waals surface area contributed by atoms with Crippen LogP contribution in [-0.2, 0) is 14.8 Å². The summed E-state index contributed by atoms with van der Waals surface area (Å²) in [5.74, 6) is 0.471. The molecule has 0 spiro atoms. The van der Waals surface area contributed by atoms with Crippen molar-refractivity contribution in [2.45, 2.75) is 18.6 Å². The maximum Gasteiger partial charge on any atom is 0.234 e. The van der Waals surface area contributed by atoms with Gasteiger partial charge in [0, 0.05) is 24.1 Å². The highest BCUT2D eigenvalue weighted by Gasteiger charge is 2.30. The summed E-state index contributed by atoms with van der Waals surface area (Å²) in [5, 5.41) is 1.16. The van der Waals surface area contributed by atoms with Crippen molar-refractivity contribution >= 4 is 16.1 Å². The number of hydrogen-bond donors (Lipinski definition) is 1. The van der Waals surface area contributed by atoms with E-state index in [9.17, 15) is 8.42 Å². The van der Waals surface area contributed by atoms with E-state index in [0.717, 1.165) is 11.0 Å². The zero-order valence-electron chi connectivity index (χ0n) is 13.6. The van der Waals surface area contributed by atoms with E-state index in [1.54, 1.807) is 24.4 Å². The first-order valence-electron chi connectivity index (χ1n) is 8.03. The Morgan fingerprint density at radius 3 is 2.72 bits per heavy atom. The Bertz CT molecular complexity index is 794. The van der Waals surface area contributed by atoms with E-state index in [0.29, 0.717) is 18.9 Å². The van der Waals surface area contributed by atoms with Crippen LogP contribution < -0.4 is 9.46 Å². The second-order valence-corrected chi connectivity index (χ2v) is 7.27. The fraction of sp³-hybridized carbons (Fsp3) is 0.278. The van der Waals surface area contributed by atoms with Gasteiger partial charge in [-0.3, -0.25) is 0 Å². The molecule has 1 fully saturated rings. The number of aromatic nitrogens is 1. The zero-order chi connectivity index (χ0) is 17.5. The Labute approximate surface area is 147 Å². The third-order valence-electron chi connectivity index (χ3n) is 3.76. The second kappa shape index (κ2) is 8.24. The lowest BCUT2D eigenvalue weighted by Crippen LogP contribution is -2.51. The SMILES string of the molecule is O=S(=O)(C=Cc1ccccc1)N[C@@H]1COCC[C@H]1Oc1ccccn1. The fourth-order valence-corrected chi connectivity index (χ4v) is 3.58. The van der Waals surface area contributed by atoms with Gasteiger partial charge in [-0.25, -0.2) is 18.1 Å². The maximum absolute atomic E-state index is 12.3. The van der Waals surface area contributed by atoms with E-state index in [1.165, 1.54) is 0 Å². The molecule has 0 radical (unpaired) electrons. The highest BCUT2D eigenvalue weighted by Crippen LogP contribution is 2.17. The molecule has 1 aliphatic heterocycles. The molecule has 1 N–H and O–H groups in total. The van der Waals surface area contributed by atoms with Gasteiger partial charge in [0.25, 0.3) is 0 Å². The minimum Gasteiger partial charge on any atom is -0.472 e. The molecule has 1 aliphatic rings. The summed E-state index contributed by atoms with van der Waals surface area (Å²) in [7, 11) is -3.62. The van der Waals surface area contributed by atoms with Crippen molar-refractivity contribution in [3.63, 3.8) is 0 Å². The number of hydrogen-bond acceptors (Lipinski definition) is 5. The van der Waals surface area contributed by atoms with Crippen LogP contribution in [0.3, 0.4) is 0 Å². The van der Waals surface area contributed by atoms with Gasteiger partial charge in [-0.05, 0) is 17.7 Å². The first-order valence-corrected chi connectivity index (χ1v) is 9.58. The van der Waals surface area contributed by atoms with E-state index < -0.39 is 16.1 Å². The summed E-state index contributed by atoms with van der Waals surface area (Å²) in [4.78, 5) is 4.13. The van der Waals surface area contributed by atoms with Crippen LogP contribution in [0, 0.1) is 0 Å². The van der Waals surface area contributed by atoms with E-state index in [1.807, 2.05) is 36.4 Å². The summed E-state index contributed by atoms with van der Waals surface area (Å²) < 4.78 is 38.6. The molecule has 0 bridgehead atoms. The van der Waals surface area contributed by atoms with Crippen molar-refractivity contribution in [1.82, 2.24) is 9.71 Å². The lowest BCUT2D eigenvalue weighted by molar-refractivity contribution is 0.00160. The van der Waals surface area contributed by atoms with Crippen LogP contribution in [0.5, 0.6) is 5.88 Å². The number of pyridine rings is 1. The van der Waals surface area contributed by atoms with Crippen LogP contribution in [-0.4, -0.2) is 38.8 Å². The average Bonchev–Trinajstić information content (AvgIpc) is 2.63. The average molecular weight is 360 g/mol. The van der Waals surface area contributed by atoms with Crippen LogP contribution in [0.25, 0.3) is 6.08 Å². The highest BCUT2D eigenvalue weighted by molar-refractivity contribution is 7.92. The maximum atomic E-state index is 12.3. The van der Waals surface area contributed by atoms with Crippen molar-refractivity contribution in [3.8, 4) is 5.88 Å². The third-order valence-corrected chi connectivity index (χ3v) is 4.88. The van der Waals surface area contributed by atoms with E-state index in [2.05, 4.69) is 9.71 Å². The molecule has 7 heteroatoms. The molecule has 3 rings (SSSR count). The van der Waals surface area contributed by atoms with Crippen LogP contribution >= 0.6 is 0 Å². The number of ether oxygens (including phenoxy) is 2.